The maximum atomic E-state index is 3.71. The van der Waals surface area contributed by atoms with E-state index >= 15 is 0 Å². The van der Waals surface area contributed by atoms with E-state index in [4.69, 9.17) is 0 Å². The largest absolute Gasteiger partial charge is 0.313 e. The van der Waals surface area contributed by atoms with Crippen LogP contribution in [-0.4, -0.2) is 13.1 Å². The first kappa shape index (κ1) is 17.6. The Bertz CT molecular complexity index is 228. The van der Waals surface area contributed by atoms with E-state index in [0.29, 0.717) is 0 Å². The van der Waals surface area contributed by atoms with Gasteiger partial charge in [-0.25, -0.2) is 0 Å². The summed E-state index contributed by atoms with van der Waals surface area (Å²) in [5.74, 6) is 0. The molecule has 1 heteroatoms. The molecule has 0 saturated carbocycles. The van der Waals surface area contributed by atoms with Gasteiger partial charge in [0, 0.05) is 6.54 Å². The molecule has 0 aromatic heterocycles. The molecule has 0 bridgehead atoms. The zero-order chi connectivity index (χ0) is 13.0. The third-order valence-electron chi connectivity index (χ3n) is 2.30. The van der Waals surface area contributed by atoms with Gasteiger partial charge in [-0.15, -0.1) is 0 Å². The summed E-state index contributed by atoms with van der Waals surface area (Å²) in [4.78, 5) is 0. The van der Waals surface area contributed by atoms with Crippen LogP contribution in [0.25, 0.3) is 0 Å². The van der Waals surface area contributed by atoms with Crippen LogP contribution in [0.5, 0.6) is 0 Å². The maximum Gasteiger partial charge on any atom is 0.0167 e. The molecule has 0 aromatic carbocycles. The Morgan fingerprint density at radius 3 is 2.25 bits per heavy atom. The average Bonchev–Trinajstić information content (AvgIpc) is 2.35. The van der Waals surface area contributed by atoms with Crippen LogP contribution < -0.4 is 5.32 Å². The Morgan fingerprint density at radius 2 is 1.81 bits per heavy atom. The molecule has 1 rings (SSSR count). The summed E-state index contributed by atoms with van der Waals surface area (Å²) < 4.78 is 0. The Labute approximate surface area is 102 Å². The van der Waals surface area contributed by atoms with Crippen LogP contribution in [0.2, 0.25) is 0 Å². The predicted molar refractivity (Wildman–Crippen MR) is 76.8 cm³/mol. The van der Waals surface area contributed by atoms with Crippen molar-refractivity contribution in [3.8, 4) is 0 Å². The van der Waals surface area contributed by atoms with Gasteiger partial charge in [0.05, 0.1) is 0 Å². The molecule has 1 N–H and O–H groups in total. The molecule has 16 heavy (non-hydrogen) atoms. The highest BCUT2D eigenvalue weighted by Gasteiger charge is 2.08. The molecule has 0 amide bonds. The van der Waals surface area contributed by atoms with E-state index in [1.165, 1.54) is 16.7 Å². The van der Waals surface area contributed by atoms with E-state index in [1.807, 2.05) is 33.8 Å². The van der Waals surface area contributed by atoms with E-state index in [1.54, 1.807) is 0 Å². The fraction of sp³-hybridized carbons (Fsp3) is 0.600. The molecule has 1 aliphatic rings. The van der Waals surface area contributed by atoms with Crippen molar-refractivity contribution in [2.24, 2.45) is 0 Å². The van der Waals surface area contributed by atoms with E-state index in [2.05, 4.69) is 31.8 Å². The molecule has 1 heterocycles. The van der Waals surface area contributed by atoms with Gasteiger partial charge < -0.3 is 5.32 Å². The highest BCUT2D eigenvalue weighted by Crippen LogP contribution is 2.20. The molecule has 0 radical (unpaired) electrons. The second kappa shape index (κ2) is 12.3. The molecule has 1 nitrogen and oxygen atoms in total. The molecule has 0 aromatic rings. The summed E-state index contributed by atoms with van der Waals surface area (Å²) in [7, 11) is 0. The summed E-state index contributed by atoms with van der Waals surface area (Å²) >= 11 is 0. The molecule has 94 valence electrons. The number of hydrogen-bond donors (Lipinski definition) is 1. The fourth-order valence-corrected chi connectivity index (χ4v) is 1.62. The van der Waals surface area contributed by atoms with Gasteiger partial charge in [-0.2, -0.15) is 0 Å². The second-order valence-corrected chi connectivity index (χ2v) is 3.27. The van der Waals surface area contributed by atoms with Crippen molar-refractivity contribution in [2.45, 2.75) is 48.0 Å². The minimum atomic E-state index is 1.04. The molecule has 0 saturated heterocycles. The van der Waals surface area contributed by atoms with Crippen molar-refractivity contribution in [2.75, 3.05) is 13.1 Å². The quantitative estimate of drug-likeness (QED) is 0.681. The normalized spacial score (nSPS) is 15.5. The van der Waals surface area contributed by atoms with Crippen LogP contribution in [0.15, 0.2) is 35.5 Å². The van der Waals surface area contributed by atoms with E-state index in [9.17, 15) is 0 Å². The van der Waals surface area contributed by atoms with Crippen molar-refractivity contribution in [1.29, 1.82) is 0 Å². The molecule has 0 unspecified atom stereocenters. The lowest BCUT2D eigenvalue weighted by Gasteiger charge is -2.19. The Hall–Kier alpha value is -0.820. The third-order valence-corrected chi connectivity index (χ3v) is 2.30. The first-order valence-electron chi connectivity index (χ1n) is 6.44. The van der Waals surface area contributed by atoms with Gasteiger partial charge in [-0.1, -0.05) is 52.0 Å². The Kier molecular flexibility index (Phi) is 13.5. The first-order chi connectivity index (χ1) is 7.75. The lowest BCUT2D eigenvalue weighted by Crippen LogP contribution is -2.24. The summed E-state index contributed by atoms with van der Waals surface area (Å²) in [6, 6.07) is 0. The smallest absolute Gasteiger partial charge is 0.0167 e. The molecule has 0 spiro atoms. The van der Waals surface area contributed by atoms with Gasteiger partial charge in [-0.05, 0) is 38.0 Å². The summed E-state index contributed by atoms with van der Waals surface area (Å²) in [6.45, 7) is 18.2. The molecule has 0 aliphatic carbocycles. The van der Waals surface area contributed by atoms with Crippen LogP contribution in [0, 0.1) is 0 Å². The number of rotatable bonds is 2. The number of nitrogens with one attached hydrogen (secondary N) is 1. The molecular formula is C15H29N. The van der Waals surface area contributed by atoms with E-state index in [0.717, 1.165) is 19.5 Å². The highest BCUT2D eigenvalue weighted by molar-refractivity contribution is 5.37. The molecule has 1 aliphatic heterocycles. The van der Waals surface area contributed by atoms with Crippen LogP contribution in [0.3, 0.4) is 0 Å². The average molecular weight is 223 g/mol. The van der Waals surface area contributed by atoms with Crippen LogP contribution in [0.4, 0.5) is 0 Å². The van der Waals surface area contributed by atoms with Crippen LogP contribution in [-0.2, 0) is 0 Å². The van der Waals surface area contributed by atoms with Crippen LogP contribution in [0.1, 0.15) is 48.0 Å². The second-order valence-electron chi connectivity index (χ2n) is 3.27. The minimum absolute atomic E-state index is 1.04. The highest BCUT2D eigenvalue weighted by atomic mass is 14.9. The van der Waals surface area contributed by atoms with Gasteiger partial charge in [-0.3, -0.25) is 0 Å². The lowest BCUT2D eigenvalue weighted by molar-refractivity contribution is 0.681. The van der Waals surface area contributed by atoms with Crippen molar-refractivity contribution in [3.05, 3.63) is 35.5 Å². The number of allylic oxidation sites excluding steroid dienone is 3. The predicted octanol–water partition coefficient (Wildman–Crippen LogP) is 4.48. The Morgan fingerprint density at radius 1 is 1.25 bits per heavy atom. The van der Waals surface area contributed by atoms with Crippen molar-refractivity contribution >= 4 is 0 Å². The van der Waals surface area contributed by atoms with Crippen molar-refractivity contribution < 1.29 is 0 Å². The zero-order valence-corrected chi connectivity index (χ0v) is 12.0. The standard InChI is InChI=1S/C11H17N.2C2H6/c1-4-5-9(2)11-6-7-12-8-10(11)3;2*1-2/h4-5,12H,1,6-8H2,2-3H3;2*1-2H3/b9-5-;;. The Balaban J connectivity index is 0. The van der Waals surface area contributed by atoms with Crippen LogP contribution >= 0.6 is 0 Å². The molecule has 0 fully saturated rings. The number of hydrogen-bond acceptors (Lipinski definition) is 1. The molecule has 0 atom stereocenters. The SMILES string of the molecule is C=C/C=C(/C)C1=C(C)CNCC1.CC.CC. The van der Waals surface area contributed by atoms with Gasteiger partial charge in [0.25, 0.3) is 0 Å². The van der Waals surface area contributed by atoms with Gasteiger partial charge in [0.1, 0.15) is 0 Å². The fourth-order valence-electron chi connectivity index (χ4n) is 1.62. The van der Waals surface area contributed by atoms with E-state index in [-0.39, 0.29) is 0 Å². The topological polar surface area (TPSA) is 12.0 Å². The summed E-state index contributed by atoms with van der Waals surface area (Å²) in [6.07, 6.45) is 5.10. The van der Waals surface area contributed by atoms with Gasteiger partial charge in [0.15, 0.2) is 0 Å². The van der Waals surface area contributed by atoms with Crippen molar-refractivity contribution in [3.63, 3.8) is 0 Å². The summed E-state index contributed by atoms with van der Waals surface area (Å²) in [5.41, 5.74) is 4.34. The minimum Gasteiger partial charge on any atom is -0.313 e. The van der Waals surface area contributed by atoms with Gasteiger partial charge >= 0.3 is 0 Å². The lowest BCUT2D eigenvalue weighted by atomic mass is 9.96. The maximum absolute atomic E-state index is 3.71. The van der Waals surface area contributed by atoms with Gasteiger partial charge in [0.2, 0.25) is 0 Å². The first-order valence-corrected chi connectivity index (χ1v) is 6.44. The molecular weight excluding hydrogens is 194 g/mol. The monoisotopic (exact) mass is 223 g/mol. The van der Waals surface area contributed by atoms with E-state index < -0.39 is 0 Å². The third kappa shape index (κ3) is 6.62. The van der Waals surface area contributed by atoms with Crippen molar-refractivity contribution in [1.82, 2.24) is 5.32 Å². The zero-order valence-electron chi connectivity index (χ0n) is 12.0. The summed E-state index contributed by atoms with van der Waals surface area (Å²) in [5, 5.41) is 3.35.